The van der Waals surface area contributed by atoms with E-state index < -0.39 is 0 Å². The van der Waals surface area contributed by atoms with Crippen LogP contribution in [0.15, 0.2) is 29.4 Å². The van der Waals surface area contributed by atoms with Gasteiger partial charge >= 0.3 is 0 Å². The van der Waals surface area contributed by atoms with Crippen molar-refractivity contribution in [2.75, 3.05) is 5.75 Å². The Morgan fingerprint density at radius 3 is 2.79 bits per heavy atom. The van der Waals surface area contributed by atoms with Crippen molar-refractivity contribution in [2.45, 2.75) is 24.4 Å². The highest BCUT2D eigenvalue weighted by molar-refractivity contribution is 8.00. The fourth-order valence-electron chi connectivity index (χ4n) is 1.99. The smallest absolute Gasteiger partial charge is 0.259 e. The van der Waals surface area contributed by atoms with Crippen molar-refractivity contribution in [2.24, 2.45) is 0 Å². The zero-order chi connectivity index (χ0) is 13.2. The minimum atomic E-state index is 0.0245. The molecule has 98 valence electrons. The van der Waals surface area contributed by atoms with Gasteiger partial charge in [0.05, 0.1) is 5.75 Å². The van der Waals surface area contributed by atoms with E-state index in [-0.39, 0.29) is 5.91 Å². The van der Waals surface area contributed by atoms with Gasteiger partial charge in [-0.05, 0) is 30.5 Å². The summed E-state index contributed by atoms with van der Waals surface area (Å²) >= 11 is 7.29. The number of hydrogen-bond acceptors (Lipinski definition) is 4. The molecule has 0 amide bonds. The average molecular weight is 294 g/mol. The average Bonchev–Trinajstić information content (AvgIpc) is 2.95. The molecule has 2 heterocycles. The van der Waals surface area contributed by atoms with Crippen LogP contribution in [0.1, 0.15) is 22.6 Å². The molecule has 0 unspecified atom stereocenters. The molecule has 4 nitrogen and oxygen atoms in total. The standard InChI is InChI=1S/C13H12ClN3OS/c14-10-6-4-9(5-7-10)2-1-3-11-15-13-17(16-11)12(18)8-19-13/h4-7H,1-3,8H2. The number of fused-ring (bicyclic) bond motifs is 1. The number of halogens is 1. The first-order valence-corrected chi connectivity index (χ1v) is 7.45. The Balaban J connectivity index is 1.57. The van der Waals surface area contributed by atoms with E-state index >= 15 is 0 Å². The fourth-order valence-corrected chi connectivity index (χ4v) is 2.92. The third-order valence-electron chi connectivity index (χ3n) is 2.96. The molecule has 0 saturated carbocycles. The Morgan fingerprint density at radius 2 is 2.05 bits per heavy atom. The maximum atomic E-state index is 11.4. The van der Waals surface area contributed by atoms with Crippen molar-refractivity contribution in [1.82, 2.24) is 14.8 Å². The minimum absolute atomic E-state index is 0.0245. The molecule has 1 aliphatic rings. The molecule has 2 aromatic rings. The summed E-state index contributed by atoms with van der Waals surface area (Å²) in [6.07, 6.45) is 2.71. The number of benzene rings is 1. The summed E-state index contributed by atoms with van der Waals surface area (Å²) in [6, 6.07) is 7.86. The molecule has 0 saturated heterocycles. The number of aromatic nitrogens is 3. The summed E-state index contributed by atoms with van der Waals surface area (Å²) < 4.78 is 1.42. The van der Waals surface area contributed by atoms with Gasteiger partial charge < -0.3 is 0 Å². The van der Waals surface area contributed by atoms with Crippen molar-refractivity contribution in [1.29, 1.82) is 0 Å². The summed E-state index contributed by atoms with van der Waals surface area (Å²) in [5, 5.41) is 5.72. The van der Waals surface area contributed by atoms with Crippen LogP contribution in [0.5, 0.6) is 0 Å². The number of hydrogen-bond donors (Lipinski definition) is 0. The first-order valence-electron chi connectivity index (χ1n) is 6.09. The Hall–Kier alpha value is -1.33. The first-order chi connectivity index (χ1) is 9.22. The Labute approximate surface area is 120 Å². The SMILES string of the molecule is O=C1CSc2nc(CCCc3ccc(Cl)cc3)nn21. The van der Waals surface area contributed by atoms with Crippen LogP contribution in [-0.2, 0) is 12.8 Å². The second-order valence-electron chi connectivity index (χ2n) is 4.38. The Kier molecular flexibility index (Phi) is 3.57. The zero-order valence-corrected chi connectivity index (χ0v) is 11.7. The van der Waals surface area contributed by atoms with Crippen molar-refractivity contribution >= 4 is 29.3 Å². The van der Waals surface area contributed by atoms with Crippen LogP contribution < -0.4 is 0 Å². The maximum absolute atomic E-state index is 11.4. The van der Waals surface area contributed by atoms with Crippen LogP contribution >= 0.6 is 23.4 Å². The van der Waals surface area contributed by atoms with E-state index in [1.54, 1.807) is 0 Å². The maximum Gasteiger partial charge on any atom is 0.259 e. The lowest BCUT2D eigenvalue weighted by Gasteiger charge is -2.00. The van der Waals surface area contributed by atoms with Crippen LogP contribution in [0, 0.1) is 0 Å². The molecule has 0 bridgehead atoms. The van der Waals surface area contributed by atoms with Crippen molar-refractivity contribution in [3.63, 3.8) is 0 Å². The van der Waals surface area contributed by atoms with Gasteiger partial charge in [-0.15, -0.1) is 5.10 Å². The third kappa shape index (κ3) is 2.82. The van der Waals surface area contributed by atoms with Gasteiger partial charge in [-0.3, -0.25) is 4.79 Å². The van der Waals surface area contributed by atoms with Gasteiger partial charge in [0.1, 0.15) is 0 Å². The number of nitrogens with zero attached hydrogens (tertiary/aromatic N) is 3. The molecule has 6 heteroatoms. The molecule has 3 rings (SSSR count). The summed E-state index contributed by atoms with van der Waals surface area (Å²) in [5.74, 6) is 1.24. The first kappa shape index (κ1) is 12.7. The lowest BCUT2D eigenvalue weighted by Crippen LogP contribution is -2.09. The molecule has 1 aromatic heterocycles. The minimum Gasteiger partial charge on any atom is -0.271 e. The van der Waals surface area contributed by atoms with Gasteiger partial charge in [0.15, 0.2) is 11.0 Å². The second-order valence-corrected chi connectivity index (χ2v) is 5.76. The third-order valence-corrected chi connectivity index (χ3v) is 4.13. The van der Waals surface area contributed by atoms with E-state index in [1.165, 1.54) is 22.0 Å². The fraction of sp³-hybridized carbons (Fsp3) is 0.308. The van der Waals surface area contributed by atoms with Gasteiger partial charge in [0.2, 0.25) is 0 Å². The molecule has 0 atom stereocenters. The number of aryl methyl sites for hydroxylation is 2. The predicted molar refractivity (Wildman–Crippen MR) is 74.8 cm³/mol. The van der Waals surface area contributed by atoms with Crippen LogP contribution in [0.3, 0.4) is 0 Å². The molecule has 0 fully saturated rings. The molecule has 0 aliphatic carbocycles. The number of carbonyl (C=O) groups excluding carboxylic acids is 1. The van der Waals surface area contributed by atoms with Crippen LogP contribution in [0.25, 0.3) is 0 Å². The highest BCUT2D eigenvalue weighted by atomic mass is 35.5. The summed E-state index contributed by atoms with van der Waals surface area (Å²) in [7, 11) is 0. The van der Waals surface area contributed by atoms with Crippen LogP contribution in [-0.4, -0.2) is 26.4 Å². The van der Waals surface area contributed by atoms with Crippen molar-refractivity contribution in [3.05, 3.63) is 40.7 Å². The monoisotopic (exact) mass is 293 g/mol. The van der Waals surface area contributed by atoms with Crippen molar-refractivity contribution in [3.8, 4) is 0 Å². The Bertz CT molecular complexity index is 609. The molecular formula is C13H12ClN3OS. The lowest BCUT2D eigenvalue weighted by molar-refractivity contribution is 0.0923. The number of rotatable bonds is 4. The second kappa shape index (κ2) is 5.35. The predicted octanol–water partition coefficient (Wildman–Crippen LogP) is 2.85. The number of thioether (sulfide) groups is 1. The van der Waals surface area contributed by atoms with Gasteiger partial charge in [-0.2, -0.15) is 4.68 Å². The van der Waals surface area contributed by atoms with E-state index in [2.05, 4.69) is 10.1 Å². The molecule has 1 aliphatic heterocycles. The molecule has 19 heavy (non-hydrogen) atoms. The summed E-state index contributed by atoms with van der Waals surface area (Å²) in [6.45, 7) is 0. The van der Waals surface area contributed by atoms with Crippen molar-refractivity contribution < 1.29 is 4.79 Å². The van der Waals surface area contributed by atoms with E-state index in [4.69, 9.17) is 11.6 Å². The summed E-state index contributed by atoms with van der Waals surface area (Å²) in [4.78, 5) is 15.8. The largest absolute Gasteiger partial charge is 0.271 e. The van der Waals surface area contributed by atoms with Gasteiger partial charge in [-0.1, -0.05) is 35.5 Å². The van der Waals surface area contributed by atoms with Crippen LogP contribution in [0.4, 0.5) is 0 Å². The molecule has 0 N–H and O–H groups in total. The lowest BCUT2D eigenvalue weighted by atomic mass is 10.1. The van der Waals surface area contributed by atoms with E-state index in [1.807, 2.05) is 24.3 Å². The topological polar surface area (TPSA) is 47.8 Å². The molecule has 1 aromatic carbocycles. The molecular weight excluding hydrogens is 282 g/mol. The van der Waals surface area contributed by atoms with Gasteiger partial charge in [0, 0.05) is 11.4 Å². The normalized spacial score (nSPS) is 13.8. The molecule has 0 spiro atoms. The summed E-state index contributed by atoms with van der Waals surface area (Å²) in [5.41, 5.74) is 1.25. The number of carbonyl (C=O) groups is 1. The highest BCUT2D eigenvalue weighted by Crippen LogP contribution is 2.23. The molecule has 0 radical (unpaired) electrons. The van der Waals surface area contributed by atoms with Gasteiger partial charge in [-0.25, -0.2) is 4.98 Å². The van der Waals surface area contributed by atoms with E-state index in [0.29, 0.717) is 5.75 Å². The quantitative estimate of drug-likeness (QED) is 0.870. The zero-order valence-electron chi connectivity index (χ0n) is 10.2. The van der Waals surface area contributed by atoms with E-state index in [0.717, 1.165) is 35.3 Å². The van der Waals surface area contributed by atoms with E-state index in [9.17, 15) is 4.79 Å². The Morgan fingerprint density at radius 1 is 1.26 bits per heavy atom. The highest BCUT2D eigenvalue weighted by Gasteiger charge is 2.23. The van der Waals surface area contributed by atoms with Crippen LogP contribution in [0.2, 0.25) is 5.02 Å². The van der Waals surface area contributed by atoms with Gasteiger partial charge in [0.25, 0.3) is 5.91 Å².